The zero-order chi connectivity index (χ0) is 11.4. The Labute approximate surface area is 101 Å². The lowest BCUT2D eigenvalue weighted by atomic mass is 9.98. The van der Waals surface area contributed by atoms with Crippen molar-refractivity contribution in [3.8, 4) is 0 Å². The van der Waals surface area contributed by atoms with Crippen LogP contribution in [-0.4, -0.2) is 7.05 Å². The minimum absolute atomic E-state index is 0.330. The number of rotatable bonds is 4. The van der Waals surface area contributed by atoms with Gasteiger partial charge in [-0.1, -0.05) is 37.3 Å². The third-order valence-corrected chi connectivity index (χ3v) is 3.80. The van der Waals surface area contributed by atoms with Crippen LogP contribution in [0.1, 0.15) is 29.0 Å². The topological polar surface area (TPSA) is 12.0 Å². The molecule has 2 aromatic rings. The van der Waals surface area contributed by atoms with Crippen molar-refractivity contribution in [3.05, 3.63) is 57.8 Å². The van der Waals surface area contributed by atoms with Gasteiger partial charge in [-0.3, -0.25) is 0 Å². The molecule has 1 N–H and O–H groups in total. The summed E-state index contributed by atoms with van der Waals surface area (Å²) in [6, 6.07) is 13.3. The quantitative estimate of drug-likeness (QED) is 0.847. The van der Waals surface area contributed by atoms with E-state index in [0.29, 0.717) is 6.04 Å². The molecule has 0 aliphatic carbocycles. The minimum atomic E-state index is 0.330. The van der Waals surface area contributed by atoms with E-state index in [-0.39, 0.29) is 0 Å². The van der Waals surface area contributed by atoms with E-state index in [2.05, 4.69) is 54.0 Å². The van der Waals surface area contributed by atoms with E-state index in [9.17, 15) is 0 Å². The van der Waals surface area contributed by atoms with Gasteiger partial charge in [-0.2, -0.15) is 0 Å². The Hall–Kier alpha value is -1.12. The largest absolute Gasteiger partial charge is 0.309 e. The fraction of sp³-hybridized carbons (Fsp3) is 0.286. The van der Waals surface area contributed by atoms with Crippen LogP contribution in [0.15, 0.2) is 41.8 Å². The highest BCUT2D eigenvalue weighted by atomic mass is 32.1. The van der Waals surface area contributed by atoms with Crippen molar-refractivity contribution in [2.75, 3.05) is 7.05 Å². The fourth-order valence-corrected chi connectivity index (χ4v) is 2.90. The van der Waals surface area contributed by atoms with Crippen LogP contribution in [0.4, 0.5) is 0 Å². The van der Waals surface area contributed by atoms with Crippen LogP contribution in [0.2, 0.25) is 0 Å². The Kier molecular flexibility index (Phi) is 3.75. The van der Waals surface area contributed by atoms with Gasteiger partial charge in [-0.05, 0) is 36.0 Å². The Morgan fingerprint density at radius 3 is 2.62 bits per heavy atom. The van der Waals surface area contributed by atoms with Crippen LogP contribution in [0.5, 0.6) is 0 Å². The summed E-state index contributed by atoms with van der Waals surface area (Å²) in [4.78, 5) is 1.38. The van der Waals surface area contributed by atoms with Crippen molar-refractivity contribution in [1.82, 2.24) is 5.32 Å². The second kappa shape index (κ2) is 5.28. The van der Waals surface area contributed by atoms with Crippen LogP contribution < -0.4 is 5.32 Å². The monoisotopic (exact) mass is 231 g/mol. The van der Waals surface area contributed by atoms with E-state index < -0.39 is 0 Å². The predicted octanol–water partition coefficient (Wildman–Crippen LogP) is 3.62. The predicted molar refractivity (Wildman–Crippen MR) is 71.0 cm³/mol. The third-order valence-electron chi connectivity index (χ3n) is 2.86. The van der Waals surface area contributed by atoms with Gasteiger partial charge in [0.15, 0.2) is 0 Å². The molecule has 1 nitrogen and oxygen atoms in total. The molecule has 0 aliphatic heterocycles. The lowest BCUT2D eigenvalue weighted by molar-refractivity contribution is 0.696. The molecule has 0 saturated heterocycles. The lowest BCUT2D eigenvalue weighted by Gasteiger charge is -2.18. The SMILES string of the molecule is CCc1ccccc1C(NC)c1cccs1. The van der Waals surface area contributed by atoms with Gasteiger partial charge in [0.1, 0.15) is 0 Å². The molecule has 0 fully saturated rings. The maximum Gasteiger partial charge on any atom is 0.0671 e. The van der Waals surface area contributed by atoms with Crippen LogP contribution in [0.25, 0.3) is 0 Å². The highest BCUT2D eigenvalue weighted by Crippen LogP contribution is 2.28. The van der Waals surface area contributed by atoms with E-state index in [0.717, 1.165) is 6.42 Å². The summed E-state index contributed by atoms with van der Waals surface area (Å²) in [5, 5.41) is 5.54. The molecule has 0 amide bonds. The number of hydrogen-bond acceptors (Lipinski definition) is 2. The van der Waals surface area contributed by atoms with Gasteiger partial charge < -0.3 is 5.32 Å². The second-order valence-electron chi connectivity index (χ2n) is 3.79. The number of benzene rings is 1. The molecular formula is C14H17NS. The van der Waals surface area contributed by atoms with Crippen LogP contribution in [-0.2, 0) is 6.42 Å². The molecule has 1 heterocycles. The third kappa shape index (κ3) is 2.18. The van der Waals surface area contributed by atoms with Gasteiger partial charge in [-0.25, -0.2) is 0 Å². The van der Waals surface area contributed by atoms with Gasteiger partial charge in [0.25, 0.3) is 0 Å². The maximum absolute atomic E-state index is 3.41. The van der Waals surface area contributed by atoms with Gasteiger partial charge >= 0.3 is 0 Å². The molecule has 1 aromatic carbocycles. The summed E-state index contributed by atoms with van der Waals surface area (Å²) in [7, 11) is 2.02. The highest BCUT2D eigenvalue weighted by Gasteiger charge is 2.14. The maximum atomic E-state index is 3.41. The summed E-state index contributed by atoms with van der Waals surface area (Å²) >= 11 is 1.81. The fourth-order valence-electron chi connectivity index (χ4n) is 2.04. The van der Waals surface area contributed by atoms with Crippen molar-refractivity contribution >= 4 is 11.3 Å². The van der Waals surface area contributed by atoms with Crippen LogP contribution in [0, 0.1) is 0 Å². The molecular weight excluding hydrogens is 214 g/mol. The first kappa shape index (κ1) is 11.4. The van der Waals surface area contributed by atoms with Crippen molar-refractivity contribution in [1.29, 1.82) is 0 Å². The van der Waals surface area contributed by atoms with Gasteiger partial charge in [0, 0.05) is 4.88 Å². The van der Waals surface area contributed by atoms with Crippen LogP contribution in [0.3, 0.4) is 0 Å². The number of nitrogens with one attached hydrogen (secondary N) is 1. The first-order chi connectivity index (χ1) is 7.86. The highest BCUT2D eigenvalue weighted by molar-refractivity contribution is 7.10. The van der Waals surface area contributed by atoms with Crippen molar-refractivity contribution < 1.29 is 0 Å². The molecule has 2 rings (SSSR count). The first-order valence-corrected chi connectivity index (χ1v) is 6.53. The smallest absolute Gasteiger partial charge is 0.0671 e. The lowest BCUT2D eigenvalue weighted by Crippen LogP contribution is -2.17. The van der Waals surface area contributed by atoms with Crippen molar-refractivity contribution in [2.24, 2.45) is 0 Å². The van der Waals surface area contributed by atoms with E-state index in [1.54, 1.807) is 0 Å². The number of thiophene rings is 1. The van der Waals surface area contributed by atoms with Gasteiger partial charge in [0.05, 0.1) is 6.04 Å². The Morgan fingerprint density at radius 2 is 2.00 bits per heavy atom. The molecule has 0 aliphatic rings. The standard InChI is InChI=1S/C14H17NS/c1-3-11-7-4-5-8-12(11)14(15-2)13-9-6-10-16-13/h4-10,14-15H,3H2,1-2H3. The normalized spacial score (nSPS) is 12.6. The molecule has 2 heteroatoms. The summed E-state index contributed by atoms with van der Waals surface area (Å²) in [5.41, 5.74) is 2.82. The summed E-state index contributed by atoms with van der Waals surface area (Å²) in [5.74, 6) is 0. The molecule has 0 saturated carbocycles. The van der Waals surface area contributed by atoms with E-state index >= 15 is 0 Å². The van der Waals surface area contributed by atoms with E-state index in [1.807, 2.05) is 18.4 Å². The zero-order valence-corrected chi connectivity index (χ0v) is 10.6. The van der Waals surface area contributed by atoms with Gasteiger partial charge in [-0.15, -0.1) is 11.3 Å². The van der Waals surface area contributed by atoms with Crippen molar-refractivity contribution in [2.45, 2.75) is 19.4 Å². The Morgan fingerprint density at radius 1 is 1.19 bits per heavy atom. The average Bonchev–Trinajstić information content (AvgIpc) is 2.84. The van der Waals surface area contributed by atoms with Crippen molar-refractivity contribution in [3.63, 3.8) is 0 Å². The molecule has 16 heavy (non-hydrogen) atoms. The summed E-state index contributed by atoms with van der Waals surface area (Å²) in [6.07, 6.45) is 1.08. The summed E-state index contributed by atoms with van der Waals surface area (Å²) in [6.45, 7) is 2.21. The average molecular weight is 231 g/mol. The second-order valence-corrected chi connectivity index (χ2v) is 4.77. The Bertz CT molecular complexity index is 434. The molecule has 0 radical (unpaired) electrons. The minimum Gasteiger partial charge on any atom is -0.309 e. The molecule has 1 atom stereocenters. The zero-order valence-electron chi connectivity index (χ0n) is 9.73. The van der Waals surface area contributed by atoms with E-state index in [1.165, 1.54) is 16.0 Å². The van der Waals surface area contributed by atoms with Crippen LogP contribution >= 0.6 is 11.3 Å². The first-order valence-electron chi connectivity index (χ1n) is 5.65. The molecule has 0 bridgehead atoms. The number of hydrogen-bond donors (Lipinski definition) is 1. The summed E-state index contributed by atoms with van der Waals surface area (Å²) < 4.78 is 0. The molecule has 0 spiro atoms. The number of aryl methyl sites for hydroxylation is 1. The molecule has 1 unspecified atom stereocenters. The van der Waals surface area contributed by atoms with E-state index in [4.69, 9.17) is 0 Å². The molecule has 84 valence electrons. The van der Waals surface area contributed by atoms with Gasteiger partial charge in [0.2, 0.25) is 0 Å². The Balaban J connectivity index is 2.41. The molecule has 1 aromatic heterocycles.